The number of ether oxygens (including phenoxy) is 2. The summed E-state index contributed by atoms with van der Waals surface area (Å²) >= 11 is 0. The number of carboxylic acids is 1. The van der Waals surface area contributed by atoms with Gasteiger partial charge in [0.05, 0.1) is 37.7 Å². The molecule has 190 valence electrons. The van der Waals surface area contributed by atoms with Gasteiger partial charge in [-0.3, -0.25) is 14.4 Å². The Labute approximate surface area is 205 Å². The zero-order valence-corrected chi connectivity index (χ0v) is 20.4. The van der Waals surface area contributed by atoms with E-state index in [2.05, 4.69) is 6.58 Å². The van der Waals surface area contributed by atoms with Gasteiger partial charge in [-0.25, -0.2) is 0 Å². The Morgan fingerprint density at radius 3 is 2.60 bits per heavy atom. The summed E-state index contributed by atoms with van der Waals surface area (Å²) in [6.07, 6.45) is 2.55. The maximum Gasteiger partial charge on any atom is 0.310 e. The standard InChI is InChI=1S/C26H34N2O7/c1-5-13-27(16-7-9-17(34-4)10-8-16)24(31)22-26-12-11-19(35-26)20(25(32)33)21(26)23(30)28(22)18(14-29)15(3)6-2/h5,7-10,15,18-22,29H,1,6,11-14H2,2-4H3,(H,32,33)/t15-,18-,19-,20+,21+,22-,26+/m0/s1. The molecule has 9 nitrogen and oxygen atoms in total. The third kappa shape index (κ3) is 3.81. The highest BCUT2D eigenvalue weighted by Crippen LogP contribution is 2.59. The lowest BCUT2D eigenvalue weighted by atomic mass is 9.70. The van der Waals surface area contributed by atoms with Crippen molar-refractivity contribution in [2.75, 3.05) is 25.2 Å². The van der Waals surface area contributed by atoms with Crippen LogP contribution in [0.4, 0.5) is 5.69 Å². The van der Waals surface area contributed by atoms with E-state index >= 15 is 0 Å². The molecule has 0 aliphatic carbocycles. The molecule has 0 radical (unpaired) electrons. The molecule has 2 bridgehead atoms. The number of aliphatic hydroxyl groups excluding tert-OH is 1. The zero-order chi connectivity index (χ0) is 25.5. The lowest BCUT2D eigenvalue weighted by Gasteiger charge is -2.40. The van der Waals surface area contributed by atoms with Gasteiger partial charge in [-0.1, -0.05) is 26.3 Å². The number of hydrogen-bond acceptors (Lipinski definition) is 6. The molecule has 3 aliphatic rings. The molecule has 3 fully saturated rings. The number of carbonyl (C=O) groups excluding carboxylic acids is 2. The van der Waals surface area contributed by atoms with E-state index < -0.39 is 47.5 Å². The van der Waals surface area contributed by atoms with Crippen LogP contribution in [-0.4, -0.2) is 76.9 Å². The number of nitrogens with zero attached hydrogens (tertiary/aromatic N) is 2. The van der Waals surface area contributed by atoms with Crippen molar-refractivity contribution in [3.63, 3.8) is 0 Å². The maximum absolute atomic E-state index is 14.3. The molecule has 1 spiro atoms. The highest BCUT2D eigenvalue weighted by molar-refractivity contribution is 6.04. The molecule has 3 heterocycles. The van der Waals surface area contributed by atoms with Crippen LogP contribution in [0, 0.1) is 17.8 Å². The van der Waals surface area contributed by atoms with Gasteiger partial charge < -0.3 is 29.5 Å². The van der Waals surface area contributed by atoms with Crippen LogP contribution in [0.2, 0.25) is 0 Å². The predicted molar refractivity (Wildman–Crippen MR) is 128 cm³/mol. The highest BCUT2D eigenvalue weighted by atomic mass is 16.5. The second kappa shape index (κ2) is 9.62. The van der Waals surface area contributed by atoms with Gasteiger partial charge in [-0.05, 0) is 43.0 Å². The van der Waals surface area contributed by atoms with Crippen LogP contribution in [0.3, 0.4) is 0 Å². The first-order chi connectivity index (χ1) is 16.7. The summed E-state index contributed by atoms with van der Waals surface area (Å²) in [5, 5.41) is 20.3. The summed E-state index contributed by atoms with van der Waals surface area (Å²) in [6.45, 7) is 7.51. The van der Waals surface area contributed by atoms with E-state index in [4.69, 9.17) is 9.47 Å². The van der Waals surface area contributed by atoms with Crippen molar-refractivity contribution in [2.45, 2.75) is 56.9 Å². The van der Waals surface area contributed by atoms with E-state index in [1.807, 2.05) is 13.8 Å². The van der Waals surface area contributed by atoms with Crippen molar-refractivity contribution in [3.05, 3.63) is 36.9 Å². The van der Waals surface area contributed by atoms with Crippen molar-refractivity contribution >= 4 is 23.5 Å². The molecule has 35 heavy (non-hydrogen) atoms. The Morgan fingerprint density at radius 1 is 1.37 bits per heavy atom. The first-order valence-electron chi connectivity index (χ1n) is 12.2. The Hall–Kier alpha value is -2.91. The zero-order valence-electron chi connectivity index (χ0n) is 20.4. The fraction of sp³-hybridized carbons (Fsp3) is 0.577. The van der Waals surface area contributed by atoms with Crippen LogP contribution in [0.15, 0.2) is 36.9 Å². The second-order valence-corrected chi connectivity index (χ2v) is 9.71. The molecule has 7 atom stereocenters. The summed E-state index contributed by atoms with van der Waals surface area (Å²) in [5.74, 6) is -3.34. The molecule has 9 heteroatoms. The number of anilines is 1. The average molecular weight is 487 g/mol. The van der Waals surface area contributed by atoms with E-state index in [9.17, 15) is 24.6 Å². The van der Waals surface area contributed by atoms with E-state index in [-0.39, 0.29) is 25.0 Å². The largest absolute Gasteiger partial charge is 0.497 e. The topological polar surface area (TPSA) is 117 Å². The summed E-state index contributed by atoms with van der Waals surface area (Å²) in [4.78, 5) is 43.4. The van der Waals surface area contributed by atoms with Crippen LogP contribution in [0.1, 0.15) is 33.1 Å². The van der Waals surface area contributed by atoms with Gasteiger partial charge in [0.15, 0.2) is 0 Å². The summed E-state index contributed by atoms with van der Waals surface area (Å²) in [7, 11) is 1.56. The van der Waals surface area contributed by atoms with Crippen molar-refractivity contribution in [1.82, 2.24) is 4.90 Å². The van der Waals surface area contributed by atoms with Crippen LogP contribution >= 0.6 is 0 Å². The number of benzene rings is 1. The van der Waals surface area contributed by atoms with Crippen molar-refractivity contribution in [2.24, 2.45) is 17.8 Å². The third-order valence-electron chi connectivity index (χ3n) is 8.06. The summed E-state index contributed by atoms with van der Waals surface area (Å²) in [6, 6.07) is 5.29. The molecule has 1 aromatic carbocycles. The number of methoxy groups -OCH3 is 1. The second-order valence-electron chi connectivity index (χ2n) is 9.71. The van der Waals surface area contributed by atoms with Crippen molar-refractivity contribution < 1.29 is 34.1 Å². The van der Waals surface area contributed by atoms with E-state index in [1.165, 1.54) is 9.80 Å². The lowest BCUT2D eigenvalue weighted by Crippen LogP contribution is -2.60. The van der Waals surface area contributed by atoms with Gasteiger partial charge in [0, 0.05) is 12.2 Å². The fourth-order valence-electron chi connectivity index (χ4n) is 6.19. The van der Waals surface area contributed by atoms with Crippen LogP contribution in [0.5, 0.6) is 5.75 Å². The van der Waals surface area contributed by atoms with Gasteiger partial charge in [0.2, 0.25) is 5.91 Å². The minimum absolute atomic E-state index is 0.108. The normalized spacial score (nSPS) is 30.6. The number of fused-ring (bicyclic) bond motifs is 1. The minimum Gasteiger partial charge on any atom is -0.497 e. The monoisotopic (exact) mass is 486 g/mol. The van der Waals surface area contributed by atoms with Gasteiger partial charge in [0.25, 0.3) is 5.91 Å². The minimum atomic E-state index is -1.24. The van der Waals surface area contributed by atoms with Crippen LogP contribution in [-0.2, 0) is 19.1 Å². The van der Waals surface area contributed by atoms with Gasteiger partial charge in [-0.15, -0.1) is 6.58 Å². The highest BCUT2D eigenvalue weighted by Gasteiger charge is 2.75. The summed E-state index contributed by atoms with van der Waals surface area (Å²) < 4.78 is 11.5. The van der Waals surface area contributed by atoms with Gasteiger partial charge in [0.1, 0.15) is 17.4 Å². The van der Waals surface area contributed by atoms with E-state index in [0.717, 1.165) is 0 Å². The number of aliphatic hydroxyl groups is 1. The molecule has 1 aromatic rings. The lowest BCUT2D eigenvalue weighted by molar-refractivity contribution is -0.151. The van der Waals surface area contributed by atoms with Crippen molar-refractivity contribution in [1.29, 1.82) is 0 Å². The number of amides is 2. The number of aliphatic carboxylic acids is 1. The van der Waals surface area contributed by atoms with E-state index in [1.54, 1.807) is 37.5 Å². The van der Waals surface area contributed by atoms with Crippen LogP contribution < -0.4 is 9.64 Å². The van der Waals surface area contributed by atoms with Crippen molar-refractivity contribution in [3.8, 4) is 5.75 Å². The predicted octanol–water partition coefficient (Wildman–Crippen LogP) is 2.08. The number of rotatable bonds is 10. The Bertz CT molecular complexity index is 996. The first-order valence-corrected chi connectivity index (χ1v) is 12.2. The smallest absolute Gasteiger partial charge is 0.310 e. The number of carbonyl (C=O) groups is 3. The Balaban J connectivity index is 1.83. The van der Waals surface area contributed by atoms with Crippen LogP contribution in [0.25, 0.3) is 0 Å². The molecule has 2 N–H and O–H groups in total. The molecule has 0 unspecified atom stereocenters. The molecule has 3 saturated heterocycles. The number of hydrogen-bond donors (Lipinski definition) is 2. The molecule has 4 rings (SSSR count). The van der Waals surface area contributed by atoms with Gasteiger partial charge >= 0.3 is 5.97 Å². The molecule has 0 saturated carbocycles. The Kier molecular flexibility index (Phi) is 6.92. The maximum atomic E-state index is 14.3. The fourth-order valence-corrected chi connectivity index (χ4v) is 6.19. The third-order valence-corrected chi connectivity index (χ3v) is 8.06. The molecule has 2 amide bonds. The van der Waals surface area contributed by atoms with Gasteiger partial charge in [-0.2, -0.15) is 0 Å². The first kappa shape index (κ1) is 25.2. The molecule has 0 aromatic heterocycles. The average Bonchev–Trinajstić information content (AvgIpc) is 3.50. The quantitative estimate of drug-likeness (QED) is 0.487. The number of carboxylic acid groups (broad SMARTS) is 1. The molecule has 3 aliphatic heterocycles. The SMILES string of the molecule is C=CCN(C(=O)[C@@H]1N([C@@H](CO)[C@@H](C)CC)C(=O)[C@H]2[C@H](C(=O)O)[C@@H]3CC[C@]12O3)c1ccc(OC)cc1. The van der Waals surface area contributed by atoms with E-state index in [0.29, 0.717) is 30.7 Å². The molecular formula is C26H34N2O7. The molecular weight excluding hydrogens is 452 g/mol. The Morgan fingerprint density at radius 2 is 2.06 bits per heavy atom. The number of likely N-dealkylation sites (tertiary alicyclic amines) is 1. The summed E-state index contributed by atoms with van der Waals surface area (Å²) in [5.41, 5.74) is -0.649.